The molecule has 0 bridgehead atoms. The molecule has 2 atom stereocenters. The molecule has 192 valence electrons. The summed E-state index contributed by atoms with van der Waals surface area (Å²) in [6.07, 6.45) is -0.771. The minimum Gasteiger partial charge on any atom is -0.480 e. The number of amides is 2. The highest BCUT2D eigenvalue weighted by Gasteiger charge is 2.29. The summed E-state index contributed by atoms with van der Waals surface area (Å²) >= 11 is 0. The Morgan fingerprint density at radius 3 is 1.89 bits per heavy atom. The van der Waals surface area contributed by atoms with Gasteiger partial charge in [0.2, 0.25) is 5.91 Å². The molecule has 37 heavy (non-hydrogen) atoms. The molecule has 0 saturated heterocycles. The Morgan fingerprint density at radius 1 is 0.757 bits per heavy atom. The van der Waals surface area contributed by atoms with Crippen molar-refractivity contribution in [1.29, 1.82) is 0 Å². The van der Waals surface area contributed by atoms with Crippen LogP contribution in [0.5, 0.6) is 0 Å². The second-order valence-corrected chi connectivity index (χ2v) is 8.92. The number of carboxylic acid groups (broad SMARTS) is 1. The van der Waals surface area contributed by atoms with Crippen LogP contribution in [0.15, 0.2) is 84.9 Å². The highest BCUT2D eigenvalue weighted by Crippen LogP contribution is 2.13. The van der Waals surface area contributed by atoms with Gasteiger partial charge in [0.1, 0.15) is 18.7 Å². The molecule has 0 aliphatic rings. The summed E-state index contributed by atoms with van der Waals surface area (Å²) in [5.74, 6) is -2.30. The van der Waals surface area contributed by atoms with Gasteiger partial charge < -0.3 is 20.5 Å². The van der Waals surface area contributed by atoms with Gasteiger partial charge in [-0.15, -0.1) is 0 Å². The Morgan fingerprint density at radius 2 is 1.32 bits per heavy atom. The maximum Gasteiger partial charge on any atom is 0.408 e. The van der Waals surface area contributed by atoms with Gasteiger partial charge in [-0.1, -0.05) is 98.8 Å². The maximum absolute atomic E-state index is 12.9. The van der Waals surface area contributed by atoms with Crippen molar-refractivity contribution in [3.63, 3.8) is 0 Å². The molecule has 0 aliphatic carbocycles. The van der Waals surface area contributed by atoms with E-state index in [-0.39, 0.29) is 24.7 Å². The monoisotopic (exact) mass is 502 g/mol. The van der Waals surface area contributed by atoms with E-state index in [2.05, 4.69) is 10.6 Å². The van der Waals surface area contributed by atoms with Crippen LogP contribution >= 0.6 is 0 Å². The molecule has 0 aromatic heterocycles. The Kier molecular flexibility index (Phi) is 9.55. The second kappa shape index (κ2) is 13.0. The van der Waals surface area contributed by atoms with E-state index in [0.29, 0.717) is 16.7 Å². The summed E-state index contributed by atoms with van der Waals surface area (Å²) in [5.41, 5.74) is 2.46. The fourth-order valence-electron chi connectivity index (χ4n) is 3.67. The van der Waals surface area contributed by atoms with Crippen molar-refractivity contribution in [2.24, 2.45) is 5.92 Å². The molecule has 8 nitrogen and oxygen atoms in total. The van der Waals surface area contributed by atoms with Crippen molar-refractivity contribution >= 4 is 23.8 Å². The average molecular weight is 503 g/mol. The van der Waals surface area contributed by atoms with E-state index in [1.54, 1.807) is 62.4 Å². The molecule has 3 rings (SSSR count). The molecule has 0 aliphatic heterocycles. The number of benzene rings is 3. The van der Waals surface area contributed by atoms with Crippen molar-refractivity contribution in [1.82, 2.24) is 10.6 Å². The van der Waals surface area contributed by atoms with Crippen LogP contribution in [0.4, 0.5) is 4.79 Å². The van der Waals surface area contributed by atoms with Gasteiger partial charge in [-0.3, -0.25) is 9.59 Å². The number of hydrogen-bond donors (Lipinski definition) is 3. The van der Waals surface area contributed by atoms with Gasteiger partial charge in [-0.2, -0.15) is 0 Å². The summed E-state index contributed by atoms with van der Waals surface area (Å²) in [6, 6.07) is 22.3. The highest BCUT2D eigenvalue weighted by molar-refractivity contribution is 6.08. The molecule has 0 unspecified atom stereocenters. The number of carbonyl (C=O) groups is 4. The summed E-state index contributed by atoms with van der Waals surface area (Å²) < 4.78 is 5.20. The molecule has 3 aromatic carbocycles. The lowest BCUT2D eigenvalue weighted by atomic mass is 9.99. The van der Waals surface area contributed by atoms with E-state index >= 15 is 0 Å². The number of carbonyl (C=O) groups excluding carboxylic acids is 3. The van der Waals surface area contributed by atoms with E-state index in [4.69, 9.17) is 4.74 Å². The number of aliphatic carboxylic acids is 1. The van der Waals surface area contributed by atoms with E-state index in [0.717, 1.165) is 5.56 Å². The van der Waals surface area contributed by atoms with Crippen LogP contribution in [-0.2, 0) is 27.4 Å². The number of hydrogen-bond acceptors (Lipinski definition) is 5. The third-order valence-electron chi connectivity index (χ3n) is 5.74. The first-order valence-corrected chi connectivity index (χ1v) is 11.9. The van der Waals surface area contributed by atoms with Crippen LogP contribution in [0.25, 0.3) is 0 Å². The van der Waals surface area contributed by atoms with E-state index < -0.39 is 30.1 Å². The Labute approximate surface area is 215 Å². The molecule has 0 heterocycles. The highest BCUT2D eigenvalue weighted by atomic mass is 16.5. The summed E-state index contributed by atoms with van der Waals surface area (Å²) in [4.78, 5) is 49.7. The number of ketones is 1. The molecule has 2 amide bonds. The third-order valence-corrected chi connectivity index (χ3v) is 5.74. The van der Waals surface area contributed by atoms with Crippen molar-refractivity contribution in [3.05, 3.63) is 107 Å². The number of carboxylic acids is 1. The Bertz CT molecular complexity index is 1210. The molecule has 3 aromatic rings. The lowest BCUT2D eigenvalue weighted by Crippen LogP contribution is -2.54. The minimum atomic E-state index is -1.23. The van der Waals surface area contributed by atoms with Crippen LogP contribution in [0.2, 0.25) is 0 Å². The molecule has 3 N–H and O–H groups in total. The third kappa shape index (κ3) is 8.03. The van der Waals surface area contributed by atoms with Crippen molar-refractivity contribution in [2.75, 3.05) is 0 Å². The molecule has 0 fully saturated rings. The smallest absolute Gasteiger partial charge is 0.408 e. The largest absolute Gasteiger partial charge is 0.480 e. The molecule has 0 radical (unpaired) electrons. The molecule has 0 saturated carbocycles. The number of nitrogens with one attached hydrogen (secondary N) is 2. The number of alkyl carbamates (subject to hydrolysis) is 1. The normalized spacial score (nSPS) is 12.3. The quantitative estimate of drug-likeness (QED) is 0.341. The molecule has 0 spiro atoms. The van der Waals surface area contributed by atoms with Crippen molar-refractivity contribution in [3.8, 4) is 0 Å². The lowest BCUT2D eigenvalue weighted by Gasteiger charge is -2.24. The molecular weight excluding hydrogens is 472 g/mol. The SMILES string of the molecule is CC(C)[C@@H](NC(=O)OCc1ccccc1)C(=O)N[C@H](Cc1ccc(C(=O)c2ccccc2)cc1)C(=O)O. The summed E-state index contributed by atoms with van der Waals surface area (Å²) in [7, 11) is 0. The fraction of sp³-hybridized carbons (Fsp3) is 0.241. The van der Waals surface area contributed by atoms with Gasteiger partial charge in [0.15, 0.2) is 5.78 Å². The lowest BCUT2D eigenvalue weighted by molar-refractivity contribution is -0.142. The zero-order chi connectivity index (χ0) is 26.8. The van der Waals surface area contributed by atoms with Gasteiger partial charge in [-0.05, 0) is 17.0 Å². The van der Waals surface area contributed by atoms with Crippen LogP contribution in [-0.4, -0.2) is 40.9 Å². The van der Waals surface area contributed by atoms with Gasteiger partial charge >= 0.3 is 12.1 Å². The standard InChI is InChI=1S/C29H30N2O6/c1-19(2)25(31-29(36)37-18-21-9-5-3-6-10-21)27(33)30-24(28(34)35)17-20-13-15-23(16-14-20)26(32)22-11-7-4-8-12-22/h3-16,19,24-25H,17-18H2,1-2H3,(H,30,33)(H,31,36)(H,34,35)/t24-,25-/m1/s1. The van der Waals surface area contributed by atoms with Gasteiger partial charge in [0.25, 0.3) is 0 Å². The molecular formula is C29H30N2O6. The number of ether oxygens (including phenoxy) is 1. The first-order chi connectivity index (χ1) is 17.7. The van der Waals surface area contributed by atoms with E-state index in [1.807, 2.05) is 36.4 Å². The van der Waals surface area contributed by atoms with Crippen LogP contribution < -0.4 is 10.6 Å². The van der Waals surface area contributed by atoms with Gasteiger partial charge in [0.05, 0.1) is 0 Å². The average Bonchev–Trinajstić information content (AvgIpc) is 2.91. The zero-order valence-corrected chi connectivity index (χ0v) is 20.7. The Hall–Kier alpha value is -4.46. The summed E-state index contributed by atoms with van der Waals surface area (Å²) in [6.45, 7) is 3.51. The maximum atomic E-state index is 12.9. The van der Waals surface area contributed by atoms with Gasteiger partial charge in [0, 0.05) is 17.5 Å². The zero-order valence-electron chi connectivity index (χ0n) is 20.7. The second-order valence-electron chi connectivity index (χ2n) is 8.92. The van der Waals surface area contributed by atoms with E-state index in [1.165, 1.54) is 0 Å². The molecule has 8 heteroatoms. The minimum absolute atomic E-state index is 0.00412. The first kappa shape index (κ1) is 27.1. The Balaban J connectivity index is 1.60. The van der Waals surface area contributed by atoms with Crippen LogP contribution in [0, 0.1) is 5.92 Å². The van der Waals surface area contributed by atoms with Crippen molar-refractivity contribution in [2.45, 2.75) is 39.0 Å². The van der Waals surface area contributed by atoms with Crippen LogP contribution in [0.1, 0.15) is 40.9 Å². The topological polar surface area (TPSA) is 122 Å². The summed E-state index contributed by atoms with van der Waals surface area (Å²) in [5, 5.41) is 14.7. The predicted molar refractivity (Wildman–Crippen MR) is 138 cm³/mol. The van der Waals surface area contributed by atoms with Gasteiger partial charge in [-0.25, -0.2) is 9.59 Å². The predicted octanol–water partition coefficient (Wildman–Crippen LogP) is 3.98. The number of rotatable bonds is 11. The van der Waals surface area contributed by atoms with Crippen LogP contribution in [0.3, 0.4) is 0 Å². The fourth-order valence-corrected chi connectivity index (χ4v) is 3.67. The van der Waals surface area contributed by atoms with E-state index in [9.17, 15) is 24.3 Å². The van der Waals surface area contributed by atoms with Crippen molar-refractivity contribution < 1.29 is 29.0 Å². The first-order valence-electron chi connectivity index (χ1n) is 11.9.